The normalized spacial score (nSPS) is 16.8. The number of nitrogens with two attached hydrogens (primary N) is 1. The second kappa shape index (κ2) is 25.0. The van der Waals surface area contributed by atoms with E-state index in [1.165, 1.54) is 53.1 Å². The average molecular weight is 922 g/mol. The van der Waals surface area contributed by atoms with Crippen molar-refractivity contribution in [1.82, 2.24) is 25.3 Å². The van der Waals surface area contributed by atoms with Crippen molar-refractivity contribution in [2.24, 2.45) is 17.6 Å². The Morgan fingerprint density at radius 3 is 1.83 bits per heavy atom. The largest absolute Gasteiger partial charge is 0.508 e. The number of hydrogen-bond acceptors (Lipinski definition) is 10. The lowest BCUT2D eigenvalue weighted by Gasteiger charge is -2.39. The molecule has 0 saturated carbocycles. The van der Waals surface area contributed by atoms with Crippen LogP contribution in [0.5, 0.6) is 11.5 Å². The Kier molecular flexibility index (Phi) is 20.9. The molecule has 1 aliphatic rings. The summed E-state index contributed by atoms with van der Waals surface area (Å²) in [4.78, 5) is 86.3. The van der Waals surface area contributed by atoms with Gasteiger partial charge in [0, 0.05) is 39.5 Å². The number of nitrogens with zero attached hydrogens (tertiary/aromatic N) is 3. The number of aliphatic hydroxyl groups excluding tert-OH is 1. The summed E-state index contributed by atoms with van der Waals surface area (Å²) in [6, 6.07) is 5.26. The Morgan fingerprint density at radius 1 is 0.778 bits per heavy atom. The summed E-state index contributed by atoms with van der Waals surface area (Å²) < 4.78 is 0. The Bertz CT molecular complexity index is 1830. The maximum Gasteiger partial charge on any atom is 0.326 e. The van der Waals surface area contributed by atoms with Crippen LogP contribution in [0.1, 0.15) is 90.2 Å². The van der Waals surface area contributed by atoms with Gasteiger partial charge in [0.25, 0.3) is 5.91 Å². The molecule has 16 nitrogen and oxygen atoms in total. The molecule has 1 fully saturated rings. The zero-order valence-electron chi connectivity index (χ0n) is 37.1. The van der Waals surface area contributed by atoms with Gasteiger partial charge in [0.15, 0.2) is 0 Å². The summed E-state index contributed by atoms with van der Waals surface area (Å²) in [5, 5.41) is 45.6. The minimum atomic E-state index is -1.59. The summed E-state index contributed by atoms with van der Waals surface area (Å²) in [5.74, 6) is -5.52. The molecule has 18 heteroatoms. The number of likely N-dealkylation sites (tertiary alicyclic amines) is 1. The van der Waals surface area contributed by atoms with Gasteiger partial charge in [-0.3, -0.25) is 24.0 Å². The number of phenolic OH excluding ortho intramolecular Hbond substituents is 2. The molecule has 1 heterocycles. The van der Waals surface area contributed by atoms with Crippen LogP contribution in [0.2, 0.25) is 0 Å². The third-order valence-electron chi connectivity index (χ3n) is 11.6. The van der Waals surface area contributed by atoms with Gasteiger partial charge in [-0.05, 0) is 72.9 Å². The molecule has 7 atom stereocenters. The van der Waals surface area contributed by atoms with Gasteiger partial charge in [0.1, 0.15) is 52.6 Å². The lowest BCUT2D eigenvalue weighted by molar-refractivity contribution is -0.154. The fourth-order valence-electron chi connectivity index (χ4n) is 7.83. The fraction of sp³-hybridized carbons (Fsp3) is 0.600. The van der Waals surface area contributed by atoms with E-state index in [-0.39, 0.29) is 37.3 Å². The first-order valence-corrected chi connectivity index (χ1v) is 22.5. The van der Waals surface area contributed by atoms with Crippen LogP contribution in [-0.2, 0) is 41.6 Å². The van der Waals surface area contributed by atoms with Gasteiger partial charge in [-0.15, -0.1) is 23.2 Å². The van der Waals surface area contributed by atoms with Crippen LogP contribution in [0.3, 0.4) is 0 Å². The number of unbranched alkanes of at least 4 members (excludes halogenated alkanes) is 3. The SMILES string of the molecule is CC(C)C(NC(=O)C(O)C(N)CCCCCCC(Cl)Cl)C(=O)N(C)C(C(=O)N(C)C(Cc1ccc(O)cc1)C(=O)N1CCCC1C(=O)NC(Cc1ccc(O)cc1)C(=O)O)C(C)C. The lowest BCUT2D eigenvalue weighted by atomic mass is 9.95. The number of likely N-dealkylation sites (N-methyl/N-ethyl adjacent to an activating group) is 2. The molecule has 1 aliphatic heterocycles. The van der Waals surface area contributed by atoms with E-state index < -0.39 is 94.5 Å². The second-order valence-electron chi connectivity index (χ2n) is 17.2. The summed E-state index contributed by atoms with van der Waals surface area (Å²) in [6.45, 7) is 7.07. The number of halogens is 2. The predicted octanol–water partition coefficient (Wildman–Crippen LogP) is 3.73. The molecule has 0 bridgehead atoms. The predicted molar refractivity (Wildman–Crippen MR) is 240 cm³/mol. The van der Waals surface area contributed by atoms with Crippen LogP contribution in [0, 0.1) is 11.8 Å². The Labute approximate surface area is 380 Å². The standard InChI is InChI=1S/C45H66Cl2N6O10/c1-26(2)37(50-41(58)39(56)32(48)12-9-7-8-10-14-36(46)47)43(60)52(6)38(27(3)4)44(61)51(5)35(25-29-17-21-31(55)22-18-29)42(59)53-23-11-13-34(53)40(57)49-33(45(62)63)24-28-15-19-30(54)20-16-28/h15-22,26-27,32-39,54-56H,7-14,23-25,48H2,1-6H3,(H,49,57)(H,50,58)(H,62,63). The van der Waals surface area contributed by atoms with E-state index in [9.17, 15) is 49.2 Å². The molecule has 2 aromatic carbocycles. The van der Waals surface area contributed by atoms with Gasteiger partial charge >= 0.3 is 5.97 Å². The number of benzene rings is 2. The number of carboxylic acids is 1. The number of rotatable bonds is 24. The van der Waals surface area contributed by atoms with E-state index in [4.69, 9.17) is 28.9 Å². The highest BCUT2D eigenvalue weighted by Crippen LogP contribution is 2.25. The van der Waals surface area contributed by atoms with E-state index in [1.54, 1.807) is 52.0 Å². The molecule has 0 radical (unpaired) electrons. The molecule has 0 aromatic heterocycles. The monoisotopic (exact) mass is 920 g/mol. The summed E-state index contributed by atoms with van der Waals surface area (Å²) in [7, 11) is 2.88. The number of carbonyl (C=O) groups is 6. The van der Waals surface area contributed by atoms with Gasteiger partial charge in [-0.25, -0.2) is 4.79 Å². The maximum atomic E-state index is 14.7. The van der Waals surface area contributed by atoms with Crippen molar-refractivity contribution in [2.45, 2.75) is 139 Å². The van der Waals surface area contributed by atoms with Gasteiger partial charge in [0.2, 0.25) is 23.6 Å². The quantitative estimate of drug-likeness (QED) is 0.0591. The van der Waals surface area contributed by atoms with Crippen LogP contribution in [0.15, 0.2) is 48.5 Å². The van der Waals surface area contributed by atoms with Crippen molar-refractivity contribution in [3.05, 3.63) is 59.7 Å². The highest BCUT2D eigenvalue weighted by atomic mass is 35.5. The van der Waals surface area contributed by atoms with Crippen molar-refractivity contribution in [3.8, 4) is 11.5 Å². The molecule has 5 amide bonds. The number of hydrogen-bond donors (Lipinski definition) is 7. The average Bonchev–Trinajstić information content (AvgIpc) is 3.73. The van der Waals surface area contributed by atoms with Crippen molar-refractivity contribution < 1.29 is 49.2 Å². The van der Waals surface area contributed by atoms with Crippen molar-refractivity contribution in [2.75, 3.05) is 20.6 Å². The smallest absolute Gasteiger partial charge is 0.326 e. The number of aromatic hydroxyl groups is 2. The molecule has 350 valence electrons. The number of aliphatic hydroxyl groups is 1. The van der Waals surface area contributed by atoms with E-state index in [2.05, 4.69) is 10.6 Å². The summed E-state index contributed by atoms with van der Waals surface area (Å²) in [6.07, 6.45) is 3.19. The van der Waals surface area contributed by atoms with Gasteiger partial charge < -0.3 is 51.5 Å². The van der Waals surface area contributed by atoms with Crippen LogP contribution >= 0.6 is 23.2 Å². The third-order valence-corrected chi connectivity index (χ3v) is 12.0. The first kappa shape index (κ1) is 52.7. The number of carboxylic acid groups (broad SMARTS) is 1. The Hall–Kier alpha value is -4.64. The molecule has 3 rings (SSSR count). The molecular formula is C45H66Cl2N6O10. The molecule has 0 aliphatic carbocycles. The first-order valence-electron chi connectivity index (χ1n) is 21.6. The number of aliphatic carboxylic acids is 1. The molecular weight excluding hydrogens is 855 g/mol. The number of carbonyl (C=O) groups excluding carboxylic acids is 5. The van der Waals surface area contributed by atoms with Gasteiger partial charge in [-0.1, -0.05) is 77.6 Å². The summed E-state index contributed by atoms with van der Waals surface area (Å²) >= 11 is 11.6. The molecule has 8 N–H and O–H groups in total. The zero-order chi connectivity index (χ0) is 47.1. The highest BCUT2D eigenvalue weighted by Gasteiger charge is 2.44. The van der Waals surface area contributed by atoms with Crippen LogP contribution in [-0.4, -0.2) is 138 Å². The number of nitrogens with one attached hydrogen (secondary N) is 2. The Morgan fingerprint density at radius 2 is 1.32 bits per heavy atom. The second-order valence-corrected chi connectivity index (χ2v) is 18.4. The van der Waals surface area contributed by atoms with Crippen LogP contribution in [0.4, 0.5) is 0 Å². The minimum absolute atomic E-state index is 0.00182. The first-order chi connectivity index (χ1) is 29.6. The Balaban J connectivity index is 1.83. The molecule has 7 unspecified atom stereocenters. The van der Waals surface area contributed by atoms with Crippen LogP contribution < -0.4 is 16.4 Å². The van der Waals surface area contributed by atoms with Gasteiger partial charge in [0.05, 0.1) is 0 Å². The minimum Gasteiger partial charge on any atom is -0.508 e. The molecule has 2 aromatic rings. The summed E-state index contributed by atoms with van der Waals surface area (Å²) in [5.41, 5.74) is 7.33. The molecule has 0 spiro atoms. The van der Waals surface area contributed by atoms with E-state index in [0.717, 1.165) is 19.3 Å². The fourth-order valence-corrected chi connectivity index (χ4v) is 8.14. The lowest BCUT2D eigenvalue weighted by Crippen LogP contribution is -2.61. The van der Waals surface area contributed by atoms with Crippen LogP contribution in [0.25, 0.3) is 0 Å². The number of phenols is 2. The van der Waals surface area contributed by atoms with E-state index in [1.807, 2.05) is 0 Å². The topological polar surface area (TPSA) is 243 Å². The molecule has 63 heavy (non-hydrogen) atoms. The van der Waals surface area contributed by atoms with E-state index in [0.29, 0.717) is 36.8 Å². The van der Waals surface area contributed by atoms with Gasteiger partial charge in [-0.2, -0.15) is 0 Å². The maximum absolute atomic E-state index is 14.7. The number of amides is 5. The van der Waals surface area contributed by atoms with Crippen molar-refractivity contribution in [1.29, 1.82) is 0 Å². The number of alkyl halides is 2. The highest BCUT2D eigenvalue weighted by molar-refractivity contribution is 6.44. The van der Waals surface area contributed by atoms with Crippen molar-refractivity contribution in [3.63, 3.8) is 0 Å². The molecule has 1 saturated heterocycles. The van der Waals surface area contributed by atoms with Crippen molar-refractivity contribution >= 4 is 58.7 Å². The zero-order valence-corrected chi connectivity index (χ0v) is 38.6. The van der Waals surface area contributed by atoms with E-state index >= 15 is 0 Å². The third kappa shape index (κ3) is 15.5.